The van der Waals surface area contributed by atoms with E-state index in [0.29, 0.717) is 31.7 Å². The summed E-state index contributed by atoms with van der Waals surface area (Å²) in [6.07, 6.45) is 1.67. The van der Waals surface area contributed by atoms with Gasteiger partial charge in [0.25, 0.3) is 5.91 Å². The molecule has 124 valence electrons. The number of benzene rings is 1. The normalized spacial score (nSPS) is 22.0. The van der Waals surface area contributed by atoms with Crippen LogP contribution in [0.3, 0.4) is 0 Å². The number of rotatable bonds is 2. The minimum absolute atomic E-state index is 0.0781. The zero-order valence-corrected chi connectivity index (χ0v) is 13.1. The minimum atomic E-state index is -0.348. The molecule has 6 heteroatoms. The van der Waals surface area contributed by atoms with Crippen molar-refractivity contribution in [3.63, 3.8) is 0 Å². The zero-order valence-electron chi connectivity index (χ0n) is 13.1. The topological polar surface area (TPSA) is 52.7 Å². The van der Waals surface area contributed by atoms with Crippen molar-refractivity contribution < 1.29 is 14.0 Å². The van der Waals surface area contributed by atoms with Gasteiger partial charge >= 0.3 is 0 Å². The molecule has 5 nitrogen and oxygen atoms in total. The molecule has 23 heavy (non-hydrogen) atoms. The van der Waals surface area contributed by atoms with E-state index in [1.807, 2.05) is 4.90 Å². The second-order valence-electron chi connectivity index (χ2n) is 6.17. The Morgan fingerprint density at radius 3 is 2.43 bits per heavy atom. The molecule has 1 aromatic rings. The highest BCUT2D eigenvalue weighted by Crippen LogP contribution is 2.15. The molecule has 1 unspecified atom stereocenters. The summed E-state index contributed by atoms with van der Waals surface area (Å²) in [6.45, 7) is 4.09. The maximum Gasteiger partial charge on any atom is 0.253 e. The Morgan fingerprint density at radius 2 is 1.74 bits per heavy atom. The predicted molar refractivity (Wildman–Crippen MR) is 84.5 cm³/mol. The molecule has 1 aromatic carbocycles. The van der Waals surface area contributed by atoms with E-state index in [4.69, 9.17) is 0 Å². The van der Waals surface area contributed by atoms with Crippen LogP contribution in [0, 0.1) is 11.7 Å². The fourth-order valence-electron chi connectivity index (χ4n) is 3.24. The van der Waals surface area contributed by atoms with Crippen molar-refractivity contribution in [2.45, 2.75) is 12.8 Å². The second kappa shape index (κ2) is 7.08. The van der Waals surface area contributed by atoms with Gasteiger partial charge in [0.1, 0.15) is 5.82 Å². The smallest absolute Gasteiger partial charge is 0.253 e. The van der Waals surface area contributed by atoms with E-state index in [0.717, 1.165) is 25.9 Å². The highest BCUT2D eigenvalue weighted by Gasteiger charge is 2.29. The van der Waals surface area contributed by atoms with Crippen molar-refractivity contribution in [3.05, 3.63) is 35.6 Å². The molecule has 0 aliphatic carbocycles. The Balaban J connectivity index is 1.60. The first-order valence-corrected chi connectivity index (χ1v) is 8.19. The Labute approximate surface area is 135 Å². The van der Waals surface area contributed by atoms with Gasteiger partial charge in [-0.15, -0.1) is 0 Å². The maximum absolute atomic E-state index is 13.0. The molecular weight excluding hydrogens is 297 g/mol. The average Bonchev–Trinajstić information content (AvgIpc) is 2.99. The lowest BCUT2D eigenvalue weighted by Gasteiger charge is -2.24. The first-order chi connectivity index (χ1) is 11.1. The standard InChI is InChI=1S/C17H22FN3O2/c18-15-4-2-13(3-5-15)16(22)20-8-1-9-21(11-10-20)17(23)14-6-7-19-12-14/h2-5,14,19H,1,6-12H2. The van der Waals surface area contributed by atoms with Crippen LogP contribution in [-0.2, 0) is 4.79 Å². The van der Waals surface area contributed by atoms with E-state index < -0.39 is 0 Å². The number of halogens is 1. The largest absolute Gasteiger partial charge is 0.341 e. The van der Waals surface area contributed by atoms with Gasteiger partial charge < -0.3 is 15.1 Å². The zero-order chi connectivity index (χ0) is 16.2. The number of carbonyl (C=O) groups excluding carboxylic acids is 2. The molecule has 0 bridgehead atoms. The molecule has 0 spiro atoms. The fraction of sp³-hybridized carbons (Fsp3) is 0.529. The van der Waals surface area contributed by atoms with Crippen LogP contribution < -0.4 is 5.32 Å². The van der Waals surface area contributed by atoms with Crippen molar-refractivity contribution in [2.24, 2.45) is 5.92 Å². The SMILES string of the molecule is O=C(c1ccc(F)cc1)N1CCCN(C(=O)C2CCNC2)CC1. The van der Waals surface area contributed by atoms with Crippen LogP contribution in [0.4, 0.5) is 4.39 Å². The lowest BCUT2D eigenvalue weighted by molar-refractivity contribution is -0.134. The van der Waals surface area contributed by atoms with E-state index in [-0.39, 0.29) is 23.5 Å². The summed E-state index contributed by atoms with van der Waals surface area (Å²) in [5.74, 6) is -0.165. The van der Waals surface area contributed by atoms with E-state index in [1.165, 1.54) is 24.3 Å². The van der Waals surface area contributed by atoms with Crippen LogP contribution >= 0.6 is 0 Å². The third-order valence-corrected chi connectivity index (χ3v) is 4.60. The van der Waals surface area contributed by atoms with Crippen LogP contribution in [0.25, 0.3) is 0 Å². The molecule has 3 rings (SSSR count). The molecule has 0 aromatic heterocycles. The summed E-state index contributed by atoms with van der Waals surface area (Å²) >= 11 is 0. The van der Waals surface area contributed by atoms with E-state index >= 15 is 0 Å². The van der Waals surface area contributed by atoms with Crippen LogP contribution in [-0.4, -0.2) is 60.9 Å². The number of hydrogen-bond donors (Lipinski definition) is 1. The number of amides is 2. The molecule has 0 radical (unpaired) electrons. The summed E-state index contributed by atoms with van der Waals surface area (Å²) in [5.41, 5.74) is 0.492. The van der Waals surface area contributed by atoms with Gasteiger partial charge in [-0.1, -0.05) is 0 Å². The van der Waals surface area contributed by atoms with E-state index in [2.05, 4.69) is 5.32 Å². The molecule has 2 saturated heterocycles. The number of nitrogens with zero attached hydrogens (tertiary/aromatic N) is 2. The first kappa shape index (κ1) is 15.9. The third kappa shape index (κ3) is 3.69. The molecule has 2 amide bonds. The van der Waals surface area contributed by atoms with Gasteiger partial charge in [-0.25, -0.2) is 4.39 Å². The number of nitrogens with one attached hydrogen (secondary N) is 1. The molecule has 2 aliphatic rings. The lowest BCUT2D eigenvalue weighted by atomic mass is 10.1. The number of hydrogen-bond acceptors (Lipinski definition) is 3. The van der Waals surface area contributed by atoms with Crippen molar-refractivity contribution in [3.8, 4) is 0 Å². The minimum Gasteiger partial charge on any atom is -0.341 e. The van der Waals surface area contributed by atoms with Gasteiger partial charge in [-0.05, 0) is 43.7 Å². The van der Waals surface area contributed by atoms with Gasteiger partial charge in [0, 0.05) is 38.3 Å². The average molecular weight is 319 g/mol. The highest BCUT2D eigenvalue weighted by atomic mass is 19.1. The van der Waals surface area contributed by atoms with Gasteiger partial charge in [0.2, 0.25) is 5.91 Å². The van der Waals surface area contributed by atoms with E-state index in [9.17, 15) is 14.0 Å². The Bertz CT molecular complexity index is 570. The Morgan fingerprint density at radius 1 is 1.04 bits per heavy atom. The van der Waals surface area contributed by atoms with Crippen LogP contribution in [0.1, 0.15) is 23.2 Å². The van der Waals surface area contributed by atoms with Gasteiger partial charge in [-0.3, -0.25) is 9.59 Å². The van der Waals surface area contributed by atoms with Crippen molar-refractivity contribution >= 4 is 11.8 Å². The van der Waals surface area contributed by atoms with Crippen LogP contribution in [0.15, 0.2) is 24.3 Å². The predicted octanol–water partition coefficient (Wildman–Crippen LogP) is 1.11. The van der Waals surface area contributed by atoms with Crippen molar-refractivity contribution in [1.82, 2.24) is 15.1 Å². The Kier molecular flexibility index (Phi) is 4.91. The molecule has 2 heterocycles. The molecule has 0 saturated carbocycles. The Hall–Kier alpha value is -1.95. The van der Waals surface area contributed by atoms with Crippen LogP contribution in [0.2, 0.25) is 0 Å². The number of carbonyl (C=O) groups is 2. The summed E-state index contributed by atoms with van der Waals surface area (Å²) in [6, 6.07) is 5.62. The maximum atomic E-state index is 13.0. The monoisotopic (exact) mass is 319 g/mol. The molecule has 1 N–H and O–H groups in total. The molecular formula is C17H22FN3O2. The third-order valence-electron chi connectivity index (χ3n) is 4.60. The lowest BCUT2D eigenvalue weighted by Crippen LogP contribution is -2.40. The molecule has 2 aliphatic heterocycles. The summed E-state index contributed by atoms with van der Waals surface area (Å²) in [5, 5.41) is 3.22. The first-order valence-electron chi connectivity index (χ1n) is 8.19. The van der Waals surface area contributed by atoms with Gasteiger partial charge in [0.15, 0.2) is 0 Å². The second-order valence-corrected chi connectivity index (χ2v) is 6.17. The van der Waals surface area contributed by atoms with Gasteiger partial charge in [0.05, 0.1) is 5.92 Å². The summed E-state index contributed by atoms with van der Waals surface area (Å²) in [7, 11) is 0. The summed E-state index contributed by atoms with van der Waals surface area (Å²) < 4.78 is 13.0. The van der Waals surface area contributed by atoms with Crippen LogP contribution in [0.5, 0.6) is 0 Å². The quantitative estimate of drug-likeness (QED) is 0.888. The fourth-order valence-corrected chi connectivity index (χ4v) is 3.24. The highest BCUT2D eigenvalue weighted by molar-refractivity contribution is 5.94. The van der Waals surface area contributed by atoms with E-state index in [1.54, 1.807) is 4.90 Å². The van der Waals surface area contributed by atoms with Crippen molar-refractivity contribution in [2.75, 3.05) is 39.3 Å². The molecule has 1 atom stereocenters. The van der Waals surface area contributed by atoms with Gasteiger partial charge in [-0.2, -0.15) is 0 Å². The molecule has 2 fully saturated rings. The summed E-state index contributed by atoms with van der Waals surface area (Å²) in [4.78, 5) is 28.6. The van der Waals surface area contributed by atoms with Crippen molar-refractivity contribution in [1.29, 1.82) is 0 Å².